The Morgan fingerprint density at radius 3 is 2.73 bits per heavy atom. The van der Waals surface area contributed by atoms with Gasteiger partial charge in [0.1, 0.15) is 22.9 Å². The fourth-order valence-electron chi connectivity index (χ4n) is 3.87. The van der Waals surface area contributed by atoms with Crippen LogP contribution in [0, 0.1) is 5.82 Å². The van der Waals surface area contributed by atoms with E-state index in [-0.39, 0.29) is 17.8 Å². The molecule has 1 aliphatic rings. The zero-order valence-corrected chi connectivity index (χ0v) is 20.2. The van der Waals surface area contributed by atoms with Gasteiger partial charge in [-0.1, -0.05) is 19.9 Å². The van der Waals surface area contributed by atoms with Gasteiger partial charge in [-0.2, -0.15) is 4.98 Å². The fraction of sp³-hybridized carbons (Fsp3) is 0.391. The van der Waals surface area contributed by atoms with Crippen LogP contribution < -0.4 is 9.64 Å². The molecule has 0 atom stereocenters. The maximum atomic E-state index is 14.7. The molecule has 4 heterocycles. The van der Waals surface area contributed by atoms with Gasteiger partial charge in [-0.3, -0.25) is 0 Å². The summed E-state index contributed by atoms with van der Waals surface area (Å²) in [5, 5.41) is 6.03. The molecule has 172 valence electrons. The number of thioether (sulfide) groups is 1. The van der Waals surface area contributed by atoms with E-state index in [1.807, 2.05) is 37.6 Å². The summed E-state index contributed by atoms with van der Waals surface area (Å²) in [4.78, 5) is 16.3. The average molecular weight is 486 g/mol. The number of thiophene rings is 1. The molecule has 0 radical (unpaired) electrons. The Bertz CT molecular complexity index is 1270. The lowest BCUT2D eigenvalue weighted by Crippen LogP contribution is -2.39. The average Bonchev–Trinajstić information content (AvgIpc) is 3.48. The lowest BCUT2D eigenvalue weighted by atomic mass is 10.1. The topological polar surface area (TPSA) is 77.2 Å². The molecule has 10 heteroatoms. The number of rotatable bonds is 6. The predicted octanol–water partition coefficient (Wildman–Crippen LogP) is 5.77. The van der Waals surface area contributed by atoms with Gasteiger partial charge in [0, 0.05) is 53.3 Å². The first kappa shape index (κ1) is 22.1. The number of hydrogen-bond acceptors (Lipinski definition) is 9. The molecule has 4 aromatic rings. The highest BCUT2D eigenvalue weighted by molar-refractivity contribution is 7.98. The number of nitrogens with zero attached hydrogens (tertiary/aromatic N) is 5. The lowest BCUT2D eigenvalue weighted by molar-refractivity contribution is 0.166. The summed E-state index contributed by atoms with van der Waals surface area (Å²) in [6, 6.07) is 5.29. The Hall–Kier alpha value is -2.72. The van der Waals surface area contributed by atoms with Crippen LogP contribution in [0.5, 0.6) is 5.88 Å². The number of halogens is 1. The van der Waals surface area contributed by atoms with E-state index < -0.39 is 0 Å². The largest absolute Gasteiger partial charge is 0.473 e. The van der Waals surface area contributed by atoms with E-state index in [1.54, 1.807) is 6.07 Å². The normalized spacial score (nSPS) is 15.0. The zero-order valence-electron chi connectivity index (χ0n) is 18.6. The van der Waals surface area contributed by atoms with Gasteiger partial charge in [-0.25, -0.2) is 14.4 Å². The number of piperidine rings is 1. The molecule has 0 amide bonds. The van der Waals surface area contributed by atoms with E-state index in [9.17, 15) is 4.39 Å². The number of anilines is 1. The first-order chi connectivity index (χ1) is 16.0. The molecule has 0 aliphatic carbocycles. The lowest BCUT2D eigenvalue weighted by Gasteiger charge is -2.30. The van der Waals surface area contributed by atoms with Gasteiger partial charge in [-0.15, -0.1) is 23.1 Å². The van der Waals surface area contributed by atoms with Crippen molar-refractivity contribution in [3.63, 3.8) is 0 Å². The third kappa shape index (κ3) is 4.41. The number of ether oxygens (including phenoxy) is 1. The van der Waals surface area contributed by atoms with Crippen LogP contribution in [-0.4, -0.2) is 45.6 Å². The molecule has 0 saturated carbocycles. The van der Waals surface area contributed by atoms with Gasteiger partial charge < -0.3 is 14.2 Å². The summed E-state index contributed by atoms with van der Waals surface area (Å²) in [6.07, 6.45) is 5.09. The highest BCUT2D eigenvalue weighted by Gasteiger charge is 2.26. The van der Waals surface area contributed by atoms with Crippen LogP contribution in [0.2, 0.25) is 0 Å². The van der Waals surface area contributed by atoms with Crippen molar-refractivity contribution in [2.75, 3.05) is 24.2 Å². The maximum absolute atomic E-state index is 14.7. The number of benzene rings is 1. The summed E-state index contributed by atoms with van der Waals surface area (Å²) in [5.74, 6) is 1.80. The molecule has 1 fully saturated rings. The first-order valence-corrected chi connectivity index (χ1v) is 12.9. The third-order valence-corrected chi connectivity index (χ3v) is 7.40. The van der Waals surface area contributed by atoms with Crippen LogP contribution in [0.15, 0.2) is 39.3 Å². The van der Waals surface area contributed by atoms with Gasteiger partial charge in [0.2, 0.25) is 11.8 Å². The predicted molar refractivity (Wildman–Crippen MR) is 129 cm³/mol. The molecule has 3 aromatic heterocycles. The summed E-state index contributed by atoms with van der Waals surface area (Å²) >= 11 is 3.00. The second-order valence-electron chi connectivity index (χ2n) is 8.24. The minimum atomic E-state index is -0.253. The SMILES string of the molecule is CSc1ccc(-c2csc3c(OC4CCN(c5noc(C(C)C)n5)CC4)ncnc23)c(F)c1. The monoisotopic (exact) mass is 485 g/mol. The smallest absolute Gasteiger partial charge is 0.266 e. The second kappa shape index (κ2) is 9.26. The number of aromatic nitrogens is 4. The molecule has 7 nitrogen and oxygen atoms in total. The van der Waals surface area contributed by atoms with Crippen molar-refractivity contribution >= 4 is 39.3 Å². The van der Waals surface area contributed by atoms with Gasteiger partial charge in [-0.05, 0) is 23.5 Å². The molecule has 0 spiro atoms. The van der Waals surface area contributed by atoms with Gasteiger partial charge >= 0.3 is 0 Å². The summed E-state index contributed by atoms with van der Waals surface area (Å²) in [5.41, 5.74) is 2.02. The van der Waals surface area contributed by atoms with Crippen molar-refractivity contribution in [3.05, 3.63) is 41.6 Å². The van der Waals surface area contributed by atoms with Gasteiger partial charge in [0.25, 0.3) is 5.95 Å². The Labute approximate surface area is 199 Å². The molecule has 1 saturated heterocycles. The van der Waals surface area contributed by atoms with Crippen LogP contribution in [0.1, 0.15) is 38.5 Å². The molecule has 0 unspecified atom stereocenters. The molecule has 0 N–H and O–H groups in total. The minimum Gasteiger partial charge on any atom is -0.473 e. The van der Waals surface area contributed by atoms with E-state index in [0.717, 1.165) is 41.1 Å². The third-order valence-electron chi connectivity index (χ3n) is 5.72. The van der Waals surface area contributed by atoms with Crippen LogP contribution in [0.4, 0.5) is 10.3 Å². The standard InChI is InChI=1S/C23H24FN5O2S2/c1-13(2)21-27-23(28-31-21)29-8-6-14(7-9-29)30-22-20-19(25-12-26-22)17(11-33-20)16-5-4-15(32-3)10-18(16)24/h4-5,10-14H,6-9H2,1-3H3. The van der Waals surface area contributed by atoms with E-state index in [2.05, 4.69) is 25.0 Å². The molecule has 1 aliphatic heterocycles. The highest BCUT2D eigenvalue weighted by atomic mass is 32.2. The van der Waals surface area contributed by atoms with Gasteiger partial charge in [0.05, 0.1) is 5.52 Å². The van der Waals surface area contributed by atoms with E-state index in [4.69, 9.17) is 9.26 Å². The molecule has 1 aromatic carbocycles. The molecule has 0 bridgehead atoms. The summed E-state index contributed by atoms with van der Waals surface area (Å²) in [6.45, 7) is 5.62. The summed E-state index contributed by atoms with van der Waals surface area (Å²) in [7, 11) is 0. The number of fused-ring (bicyclic) bond motifs is 1. The van der Waals surface area contributed by atoms with E-state index in [1.165, 1.54) is 29.4 Å². The second-order valence-corrected chi connectivity index (χ2v) is 10.0. The van der Waals surface area contributed by atoms with E-state index >= 15 is 0 Å². The Kier molecular flexibility index (Phi) is 6.20. The van der Waals surface area contributed by atoms with Crippen molar-refractivity contribution < 1.29 is 13.7 Å². The van der Waals surface area contributed by atoms with Crippen LogP contribution in [-0.2, 0) is 0 Å². The van der Waals surface area contributed by atoms with Gasteiger partial charge in [0.15, 0.2) is 0 Å². The van der Waals surface area contributed by atoms with Crippen molar-refractivity contribution in [1.82, 2.24) is 20.1 Å². The van der Waals surface area contributed by atoms with Crippen LogP contribution in [0.25, 0.3) is 21.3 Å². The van der Waals surface area contributed by atoms with Crippen molar-refractivity contribution in [1.29, 1.82) is 0 Å². The Balaban J connectivity index is 1.31. The Morgan fingerprint density at radius 2 is 2.03 bits per heavy atom. The zero-order chi connectivity index (χ0) is 22.9. The molecular formula is C23H24FN5O2S2. The van der Waals surface area contributed by atoms with Crippen molar-refractivity contribution in [2.45, 2.75) is 43.6 Å². The van der Waals surface area contributed by atoms with E-state index in [0.29, 0.717) is 28.8 Å². The highest BCUT2D eigenvalue weighted by Crippen LogP contribution is 2.39. The molecule has 5 rings (SSSR count). The summed E-state index contributed by atoms with van der Waals surface area (Å²) < 4.78 is 27.2. The first-order valence-electron chi connectivity index (χ1n) is 10.8. The quantitative estimate of drug-likeness (QED) is 0.318. The number of hydrogen-bond donors (Lipinski definition) is 0. The Morgan fingerprint density at radius 1 is 1.21 bits per heavy atom. The van der Waals surface area contributed by atoms with Crippen molar-refractivity contribution in [3.8, 4) is 17.0 Å². The molecule has 33 heavy (non-hydrogen) atoms. The minimum absolute atomic E-state index is 0.0268. The van der Waals surface area contributed by atoms with Crippen LogP contribution >= 0.6 is 23.1 Å². The van der Waals surface area contributed by atoms with Crippen LogP contribution in [0.3, 0.4) is 0 Å². The fourth-order valence-corrected chi connectivity index (χ4v) is 5.24. The van der Waals surface area contributed by atoms with Crippen molar-refractivity contribution in [2.24, 2.45) is 0 Å². The maximum Gasteiger partial charge on any atom is 0.266 e. The molecular weight excluding hydrogens is 461 g/mol.